The highest BCUT2D eigenvalue weighted by molar-refractivity contribution is 7.91. The van der Waals surface area contributed by atoms with Crippen LogP contribution in [0, 0.1) is 5.92 Å². The monoisotopic (exact) mass is 323 g/mol. The summed E-state index contributed by atoms with van der Waals surface area (Å²) in [7, 11) is -1.40. The van der Waals surface area contributed by atoms with E-state index in [1.165, 1.54) is 0 Å². The van der Waals surface area contributed by atoms with E-state index in [4.69, 9.17) is 4.74 Å². The minimum absolute atomic E-state index is 0.000562. The zero-order valence-electron chi connectivity index (χ0n) is 12.7. The van der Waals surface area contributed by atoms with E-state index in [9.17, 15) is 13.2 Å². The molecule has 2 saturated heterocycles. The Balaban J connectivity index is 1.76. The van der Waals surface area contributed by atoms with Gasteiger partial charge < -0.3 is 9.64 Å². The van der Waals surface area contributed by atoms with Crippen LogP contribution >= 0.6 is 0 Å². The number of carbonyl (C=O) groups is 1. The summed E-state index contributed by atoms with van der Waals surface area (Å²) in [5.74, 6) is 0.590. The first kappa shape index (κ1) is 15.3. The number of rotatable bonds is 3. The molecule has 120 valence electrons. The lowest BCUT2D eigenvalue weighted by Crippen LogP contribution is -2.36. The fourth-order valence-electron chi connectivity index (χ4n) is 3.43. The van der Waals surface area contributed by atoms with Gasteiger partial charge in [-0.2, -0.15) is 0 Å². The molecule has 2 atom stereocenters. The first-order valence-corrected chi connectivity index (χ1v) is 9.47. The van der Waals surface area contributed by atoms with Crippen molar-refractivity contribution in [3.05, 3.63) is 29.8 Å². The summed E-state index contributed by atoms with van der Waals surface area (Å²) in [5, 5.41) is 0. The van der Waals surface area contributed by atoms with E-state index in [0.29, 0.717) is 13.0 Å². The number of carbonyl (C=O) groups excluding carboxylic acids is 1. The lowest BCUT2D eigenvalue weighted by Gasteiger charge is -2.27. The number of nitrogens with zero attached hydrogens (tertiary/aromatic N) is 1. The van der Waals surface area contributed by atoms with Crippen molar-refractivity contribution in [2.24, 2.45) is 5.92 Å². The summed E-state index contributed by atoms with van der Waals surface area (Å²) in [4.78, 5) is 14.5. The molecular weight excluding hydrogens is 302 g/mol. The number of benzene rings is 1. The second-order valence-corrected chi connectivity index (χ2v) is 8.29. The van der Waals surface area contributed by atoms with Gasteiger partial charge in [0.25, 0.3) is 0 Å². The van der Waals surface area contributed by atoms with E-state index in [1.54, 1.807) is 7.11 Å². The van der Waals surface area contributed by atoms with E-state index in [0.717, 1.165) is 24.2 Å². The molecule has 0 aliphatic carbocycles. The molecule has 22 heavy (non-hydrogen) atoms. The zero-order chi connectivity index (χ0) is 15.7. The summed E-state index contributed by atoms with van der Waals surface area (Å²) < 4.78 is 28.4. The van der Waals surface area contributed by atoms with Gasteiger partial charge in [-0.15, -0.1) is 0 Å². The molecule has 1 aromatic carbocycles. The quantitative estimate of drug-likeness (QED) is 0.851. The normalized spacial score (nSPS) is 27.0. The van der Waals surface area contributed by atoms with Crippen LogP contribution in [0.3, 0.4) is 0 Å². The summed E-state index contributed by atoms with van der Waals surface area (Å²) in [6.07, 6.45) is 2.35. The first-order valence-electron chi connectivity index (χ1n) is 7.65. The second-order valence-electron chi connectivity index (χ2n) is 6.06. The van der Waals surface area contributed by atoms with Crippen molar-refractivity contribution in [3.8, 4) is 5.75 Å². The van der Waals surface area contributed by atoms with Gasteiger partial charge in [-0.05, 0) is 37.0 Å². The maximum atomic E-state index is 12.7. The molecule has 0 N–H and O–H groups in total. The Morgan fingerprint density at radius 2 is 1.95 bits per heavy atom. The third kappa shape index (κ3) is 2.97. The van der Waals surface area contributed by atoms with Gasteiger partial charge in [0.1, 0.15) is 5.75 Å². The highest BCUT2D eigenvalue weighted by atomic mass is 32.2. The number of hydrogen-bond donors (Lipinski definition) is 0. The second kappa shape index (κ2) is 5.91. The third-order valence-electron chi connectivity index (χ3n) is 4.62. The number of sulfone groups is 1. The molecule has 3 rings (SSSR count). The Hall–Kier alpha value is -1.56. The minimum Gasteiger partial charge on any atom is -0.497 e. The van der Waals surface area contributed by atoms with Crippen LogP contribution in [0.4, 0.5) is 0 Å². The topological polar surface area (TPSA) is 63.7 Å². The average molecular weight is 323 g/mol. The number of methoxy groups -OCH3 is 1. The lowest BCUT2D eigenvalue weighted by atomic mass is 10.0. The van der Waals surface area contributed by atoms with E-state index < -0.39 is 9.84 Å². The van der Waals surface area contributed by atoms with Gasteiger partial charge in [0.2, 0.25) is 5.91 Å². The van der Waals surface area contributed by atoms with Gasteiger partial charge in [-0.25, -0.2) is 8.42 Å². The molecule has 6 heteroatoms. The predicted octanol–water partition coefficient (Wildman–Crippen LogP) is 1.79. The summed E-state index contributed by atoms with van der Waals surface area (Å²) in [5.41, 5.74) is 1.09. The standard InChI is InChI=1S/C16H21NO4S/c1-21-14-6-4-12(5-7-14)15-3-2-9-17(15)16(18)13-8-10-22(19,20)11-13/h4-7,13,15H,2-3,8-11H2,1H3. The van der Waals surface area contributed by atoms with Crippen molar-refractivity contribution in [1.29, 1.82) is 0 Å². The molecule has 2 unspecified atom stereocenters. The van der Waals surface area contributed by atoms with Crippen LogP contribution in [0.25, 0.3) is 0 Å². The summed E-state index contributed by atoms with van der Waals surface area (Å²) >= 11 is 0. The Labute approximate surface area is 131 Å². The molecule has 2 aliphatic heterocycles. The highest BCUT2D eigenvalue weighted by Crippen LogP contribution is 2.35. The lowest BCUT2D eigenvalue weighted by molar-refractivity contribution is -0.135. The van der Waals surface area contributed by atoms with Gasteiger partial charge in [-0.3, -0.25) is 4.79 Å². The largest absolute Gasteiger partial charge is 0.497 e. The van der Waals surface area contributed by atoms with Crippen LogP contribution in [-0.4, -0.2) is 44.4 Å². The SMILES string of the molecule is COc1ccc(C2CCCN2C(=O)C2CCS(=O)(=O)C2)cc1. The molecule has 1 amide bonds. The van der Waals surface area contributed by atoms with E-state index in [2.05, 4.69) is 0 Å². The number of amides is 1. The van der Waals surface area contributed by atoms with Crippen LogP contribution < -0.4 is 4.74 Å². The van der Waals surface area contributed by atoms with Crippen LogP contribution in [-0.2, 0) is 14.6 Å². The molecule has 2 heterocycles. The molecule has 2 aliphatic rings. The van der Waals surface area contributed by atoms with Crippen molar-refractivity contribution in [3.63, 3.8) is 0 Å². The van der Waals surface area contributed by atoms with Gasteiger partial charge in [0.05, 0.1) is 30.6 Å². The number of ether oxygens (including phenoxy) is 1. The Morgan fingerprint density at radius 1 is 1.23 bits per heavy atom. The molecule has 1 aromatic rings. The Morgan fingerprint density at radius 3 is 2.55 bits per heavy atom. The Kier molecular flexibility index (Phi) is 4.12. The maximum Gasteiger partial charge on any atom is 0.227 e. The smallest absolute Gasteiger partial charge is 0.227 e. The highest BCUT2D eigenvalue weighted by Gasteiger charge is 2.39. The number of likely N-dealkylation sites (tertiary alicyclic amines) is 1. The molecule has 5 nitrogen and oxygen atoms in total. The molecular formula is C16H21NO4S. The molecule has 2 fully saturated rings. The van der Waals surface area contributed by atoms with E-state index in [-0.39, 0.29) is 29.4 Å². The van der Waals surface area contributed by atoms with Crippen LogP contribution in [0.2, 0.25) is 0 Å². The summed E-state index contributed by atoms with van der Waals surface area (Å²) in [6.45, 7) is 0.714. The molecule has 0 spiro atoms. The van der Waals surface area contributed by atoms with Crippen molar-refractivity contribution >= 4 is 15.7 Å². The van der Waals surface area contributed by atoms with Crippen LogP contribution in [0.5, 0.6) is 5.75 Å². The van der Waals surface area contributed by atoms with Crippen molar-refractivity contribution in [1.82, 2.24) is 4.90 Å². The zero-order valence-corrected chi connectivity index (χ0v) is 13.5. The van der Waals surface area contributed by atoms with Gasteiger partial charge in [0, 0.05) is 6.54 Å². The maximum absolute atomic E-state index is 12.7. The van der Waals surface area contributed by atoms with Gasteiger partial charge in [0.15, 0.2) is 9.84 Å². The number of hydrogen-bond acceptors (Lipinski definition) is 4. The Bertz CT molecular complexity index is 653. The molecule has 0 radical (unpaired) electrons. The average Bonchev–Trinajstić information content (AvgIpc) is 3.13. The molecule has 0 saturated carbocycles. The predicted molar refractivity (Wildman–Crippen MR) is 83.4 cm³/mol. The van der Waals surface area contributed by atoms with Crippen LogP contribution in [0.1, 0.15) is 30.9 Å². The van der Waals surface area contributed by atoms with Crippen molar-refractivity contribution in [2.45, 2.75) is 25.3 Å². The first-order chi connectivity index (χ1) is 10.5. The summed E-state index contributed by atoms with van der Waals surface area (Å²) in [6, 6.07) is 7.83. The van der Waals surface area contributed by atoms with Gasteiger partial charge in [-0.1, -0.05) is 12.1 Å². The fraction of sp³-hybridized carbons (Fsp3) is 0.562. The van der Waals surface area contributed by atoms with E-state index >= 15 is 0 Å². The van der Waals surface area contributed by atoms with Crippen LogP contribution in [0.15, 0.2) is 24.3 Å². The fourth-order valence-corrected chi connectivity index (χ4v) is 5.16. The van der Waals surface area contributed by atoms with E-state index in [1.807, 2.05) is 29.2 Å². The minimum atomic E-state index is -3.03. The third-order valence-corrected chi connectivity index (χ3v) is 6.39. The molecule has 0 aromatic heterocycles. The molecule has 0 bridgehead atoms. The van der Waals surface area contributed by atoms with Crippen molar-refractivity contribution < 1.29 is 17.9 Å². The van der Waals surface area contributed by atoms with Gasteiger partial charge >= 0.3 is 0 Å². The van der Waals surface area contributed by atoms with Crippen molar-refractivity contribution in [2.75, 3.05) is 25.2 Å².